The van der Waals surface area contributed by atoms with E-state index < -0.39 is 0 Å². The molecule has 2 aliphatic heterocycles. The van der Waals surface area contributed by atoms with Crippen molar-refractivity contribution in [2.24, 2.45) is 5.92 Å². The minimum Gasteiger partial charge on any atom is -0.490 e. The molecule has 2 heterocycles. The lowest BCUT2D eigenvalue weighted by Gasteiger charge is -2.33. The number of carbonyl (C=O) groups excluding carboxylic acids is 1. The van der Waals surface area contributed by atoms with Crippen molar-refractivity contribution in [1.29, 1.82) is 0 Å². The lowest BCUT2D eigenvalue weighted by molar-refractivity contribution is -0.124. The smallest absolute Gasteiger partial charge is 0.234 e. The van der Waals surface area contributed by atoms with E-state index in [1.54, 1.807) is 0 Å². The molecular weight excluding hydrogens is 328 g/mol. The Balaban J connectivity index is 1.69. The lowest BCUT2D eigenvalue weighted by Crippen LogP contribution is -2.45. The number of nitrogens with one attached hydrogen (secondary N) is 1. The van der Waals surface area contributed by atoms with Crippen LogP contribution in [0, 0.1) is 5.92 Å². The van der Waals surface area contributed by atoms with Gasteiger partial charge in [-0.05, 0) is 49.9 Å². The molecule has 2 aliphatic rings. The van der Waals surface area contributed by atoms with E-state index in [1.165, 1.54) is 19.3 Å². The number of likely N-dealkylation sites (tertiary alicyclic amines) is 1. The van der Waals surface area contributed by atoms with Gasteiger partial charge in [0.2, 0.25) is 5.91 Å². The third-order valence-corrected chi connectivity index (χ3v) is 5.40. The van der Waals surface area contributed by atoms with E-state index in [0.717, 1.165) is 30.0 Å². The highest BCUT2D eigenvalue weighted by atomic mass is 16.5. The first-order valence-corrected chi connectivity index (χ1v) is 9.97. The molecule has 0 spiro atoms. The van der Waals surface area contributed by atoms with E-state index in [-0.39, 0.29) is 11.9 Å². The standard InChI is InChI=1S/C21H32N2O3/c1-15(2)21(22-20(24)14-23-10-5-4-7-16(23)3)17-8-9-18-19(13-17)26-12-6-11-25-18/h8-9,13,15-16,21H,4-7,10-12,14H2,1-3H3,(H,22,24)/t16-,21-/m0/s1. The zero-order valence-corrected chi connectivity index (χ0v) is 16.3. The molecule has 1 saturated heterocycles. The Morgan fingerprint density at radius 3 is 2.69 bits per heavy atom. The Hall–Kier alpha value is -1.75. The van der Waals surface area contributed by atoms with Gasteiger partial charge in [-0.15, -0.1) is 0 Å². The molecule has 0 bridgehead atoms. The number of piperidine rings is 1. The van der Waals surface area contributed by atoms with Crippen molar-refractivity contribution in [2.75, 3.05) is 26.3 Å². The predicted octanol–water partition coefficient (Wildman–Crippen LogP) is 3.54. The fourth-order valence-electron chi connectivity index (χ4n) is 3.80. The number of carbonyl (C=O) groups is 1. The summed E-state index contributed by atoms with van der Waals surface area (Å²) in [5, 5.41) is 3.25. The molecule has 0 unspecified atom stereocenters. The number of benzene rings is 1. The van der Waals surface area contributed by atoms with Crippen LogP contribution < -0.4 is 14.8 Å². The van der Waals surface area contributed by atoms with Crippen LogP contribution in [0.2, 0.25) is 0 Å². The van der Waals surface area contributed by atoms with E-state index >= 15 is 0 Å². The zero-order chi connectivity index (χ0) is 18.5. The maximum Gasteiger partial charge on any atom is 0.234 e. The second-order valence-electron chi connectivity index (χ2n) is 7.86. The molecule has 0 aliphatic carbocycles. The molecule has 26 heavy (non-hydrogen) atoms. The predicted molar refractivity (Wildman–Crippen MR) is 103 cm³/mol. The van der Waals surface area contributed by atoms with Crippen LogP contribution in [0.5, 0.6) is 11.5 Å². The molecule has 5 nitrogen and oxygen atoms in total. The average Bonchev–Trinajstić information content (AvgIpc) is 2.86. The third-order valence-electron chi connectivity index (χ3n) is 5.40. The molecule has 0 radical (unpaired) electrons. The fourth-order valence-corrected chi connectivity index (χ4v) is 3.80. The molecule has 5 heteroatoms. The molecular formula is C21H32N2O3. The van der Waals surface area contributed by atoms with Crippen molar-refractivity contribution in [1.82, 2.24) is 10.2 Å². The fraction of sp³-hybridized carbons (Fsp3) is 0.667. The zero-order valence-electron chi connectivity index (χ0n) is 16.3. The van der Waals surface area contributed by atoms with Crippen LogP contribution in [0.1, 0.15) is 58.1 Å². The van der Waals surface area contributed by atoms with Gasteiger partial charge in [-0.25, -0.2) is 0 Å². The third kappa shape index (κ3) is 4.70. The van der Waals surface area contributed by atoms with Gasteiger partial charge in [0.15, 0.2) is 11.5 Å². The summed E-state index contributed by atoms with van der Waals surface area (Å²) in [6.07, 6.45) is 4.53. The first-order valence-electron chi connectivity index (χ1n) is 9.97. The number of hydrogen-bond acceptors (Lipinski definition) is 4. The first-order chi connectivity index (χ1) is 12.5. The topological polar surface area (TPSA) is 50.8 Å². The minimum atomic E-state index is -0.0280. The largest absolute Gasteiger partial charge is 0.490 e. The molecule has 1 fully saturated rings. The van der Waals surface area contributed by atoms with Crippen LogP contribution in [-0.2, 0) is 4.79 Å². The van der Waals surface area contributed by atoms with E-state index in [2.05, 4.69) is 31.0 Å². The Morgan fingerprint density at radius 2 is 1.96 bits per heavy atom. The maximum atomic E-state index is 12.7. The summed E-state index contributed by atoms with van der Waals surface area (Å²) in [6, 6.07) is 6.49. The van der Waals surface area contributed by atoms with Gasteiger partial charge in [0.25, 0.3) is 0 Å². The van der Waals surface area contributed by atoms with E-state index in [0.29, 0.717) is 31.7 Å². The van der Waals surface area contributed by atoms with Crippen molar-refractivity contribution in [3.8, 4) is 11.5 Å². The number of amides is 1. The SMILES string of the molecule is CC(C)[C@H](NC(=O)CN1CCCC[C@@H]1C)c1ccc2c(c1)OCCCO2. The van der Waals surface area contributed by atoms with Crippen molar-refractivity contribution < 1.29 is 14.3 Å². The van der Waals surface area contributed by atoms with Crippen LogP contribution in [0.25, 0.3) is 0 Å². The van der Waals surface area contributed by atoms with Gasteiger partial charge in [-0.2, -0.15) is 0 Å². The lowest BCUT2D eigenvalue weighted by atomic mass is 9.95. The van der Waals surface area contributed by atoms with Crippen LogP contribution >= 0.6 is 0 Å². The van der Waals surface area contributed by atoms with Gasteiger partial charge in [0.05, 0.1) is 25.8 Å². The van der Waals surface area contributed by atoms with Crippen LogP contribution in [0.3, 0.4) is 0 Å². The van der Waals surface area contributed by atoms with Gasteiger partial charge in [0, 0.05) is 12.5 Å². The quantitative estimate of drug-likeness (QED) is 0.873. The summed E-state index contributed by atoms with van der Waals surface area (Å²) in [5.74, 6) is 1.97. The van der Waals surface area contributed by atoms with Gasteiger partial charge in [0.1, 0.15) is 0 Å². The molecule has 144 valence electrons. The molecule has 1 N–H and O–H groups in total. The van der Waals surface area contributed by atoms with Crippen molar-refractivity contribution in [3.05, 3.63) is 23.8 Å². The van der Waals surface area contributed by atoms with E-state index in [4.69, 9.17) is 9.47 Å². The highest BCUT2D eigenvalue weighted by Crippen LogP contribution is 2.34. The van der Waals surface area contributed by atoms with Crippen molar-refractivity contribution in [2.45, 2.75) is 58.5 Å². The molecule has 2 atom stereocenters. The summed E-state index contributed by atoms with van der Waals surface area (Å²) in [5.41, 5.74) is 1.07. The van der Waals surface area contributed by atoms with Crippen LogP contribution in [-0.4, -0.2) is 43.2 Å². The Bertz CT molecular complexity index is 617. The Labute approximate surface area is 157 Å². The van der Waals surface area contributed by atoms with Gasteiger partial charge in [-0.1, -0.05) is 26.3 Å². The second-order valence-corrected chi connectivity index (χ2v) is 7.86. The summed E-state index contributed by atoms with van der Waals surface area (Å²) in [4.78, 5) is 15.0. The molecule has 1 aromatic rings. The Morgan fingerprint density at radius 1 is 1.19 bits per heavy atom. The van der Waals surface area contributed by atoms with Gasteiger partial charge < -0.3 is 14.8 Å². The van der Waals surface area contributed by atoms with E-state index in [1.807, 2.05) is 18.2 Å². The number of fused-ring (bicyclic) bond motifs is 1. The summed E-state index contributed by atoms with van der Waals surface area (Å²) in [7, 11) is 0. The molecule has 3 rings (SSSR count). The summed E-state index contributed by atoms with van der Waals surface area (Å²) >= 11 is 0. The highest BCUT2D eigenvalue weighted by molar-refractivity contribution is 5.78. The van der Waals surface area contributed by atoms with Crippen LogP contribution in [0.4, 0.5) is 0 Å². The molecule has 0 aromatic heterocycles. The average molecular weight is 360 g/mol. The second kappa shape index (κ2) is 8.76. The summed E-state index contributed by atoms with van der Waals surface area (Å²) < 4.78 is 11.5. The minimum absolute atomic E-state index is 0.0280. The van der Waals surface area contributed by atoms with Gasteiger partial charge in [-0.3, -0.25) is 9.69 Å². The highest BCUT2D eigenvalue weighted by Gasteiger charge is 2.24. The van der Waals surface area contributed by atoms with Crippen molar-refractivity contribution in [3.63, 3.8) is 0 Å². The van der Waals surface area contributed by atoms with Gasteiger partial charge >= 0.3 is 0 Å². The summed E-state index contributed by atoms with van der Waals surface area (Å²) in [6.45, 7) is 9.35. The number of nitrogens with zero attached hydrogens (tertiary/aromatic N) is 1. The number of ether oxygens (including phenoxy) is 2. The van der Waals surface area contributed by atoms with Crippen molar-refractivity contribution >= 4 is 5.91 Å². The maximum absolute atomic E-state index is 12.7. The monoisotopic (exact) mass is 360 g/mol. The Kier molecular flexibility index (Phi) is 6.41. The molecule has 1 aromatic carbocycles. The molecule has 0 saturated carbocycles. The normalized spacial score (nSPS) is 21.9. The van der Waals surface area contributed by atoms with Crippen LogP contribution in [0.15, 0.2) is 18.2 Å². The molecule has 1 amide bonds. The number of rotatable bonds is 5. The number of hydrogen-bond donors (Lipinski definition) is 1. The first kappa shape index (κ1) is 19.0. The van der Waals surface area contributed by atoms with E-state index in [9.17, 15) is 4.79 Å².